The molecule has 5 nitrogen and oxygen atoms in total. The first-order valence-electron chi connectivity index (χ1n) is 7.87. The first-order chi connectivity index (χ1) is 9.51. The molecule has 5 heteroatoms. The summed E-state index contributed by atoms with van der Waals surface area (Å²) in [6.45, 7) is 9.68. The number of carbonyl (C=O) groups is 1. The number of aliphatic hydroxyl groups excluding tert-OH is 1. The van der Waals surface area contributed by atoms with E-state index in [9.17, 15) is 9.90 Å². The van der Waals surface area contributed by atoms with Gasteiger partial charge in [0.1, 0.15) is 0 Å². The third kappa shape index (κ3) is 2.71. The Kier molecular flexibility index (Phi) is 3.77. The number of hydrogen-bond donors (Lipinski definition) is 1. The molecule has 0 spiro atoms. The zero-order valence-electron chi connectivity index (χ0n) is 12.7. The summed E-state index contributed by atoms with van der Waals surface area (Å²) in [5.41, 5.74) is -0.278. The Bertz CT molecular complexity index is 385. The van der Waals surface area contributed by atoms with Crippen molar-refractivity contribution in [3.05, 3.63) is 0 Å². The minimum atomic E-state index is -0.278. The lowest BCUT2D eigenvalue weighted by Crippen LogP contribution is -2.72. The van der Waals surface area contributed by atoms with Crippen molar-refractivity contribution in [1.29, 1.82) is 0 Å². The molecule has 3 aliphatic rings. The number of carbonyl (C=O) groups excluding carboxylic acids is 1. The molecule has 1 amide bonds. The molecule has 20 heavy (non-hydrogen) atoms. The molecule has 0 radical (unpaired) electrons. The normalized spacial score (nSPS) is 36.0. The Morgan fingerprint density at radius 3 is 2.65 bits per heavy atom. The second kappa shape index (κ2) is 5.28. The van der Waals surface area contributed by atoms with Gasteiger partial charge in [-0.15, -0.1) is 0 Å². The van der Waals surface area contributed by atoms with Gasteiger partial charge in [-0.05, 0) is 25.7 Å². The van der Waals surface area contributed by atoms with E-state index in [-0.39, 0.29) is 18.1 Å². The quantitative estimate of drug-likeness (QED) is 0.791. The summed E-state index contributed by atoms with van der Waals surface area (Å²) in [5.74, 6) is 1.04. The van der Waals surface area contributed by atoms with Crippen molar-refractivity contribution in [2.75, 3.05) is 45.9 Å². The second-order valence-electron chi connectivity index (χ2n) is 7.10. The van der Waals surface area contributed by atoms with Crippen LogP contribution in [0.5, 0.6) is 0 Å². The first-order valence-corrected chi connectivity index (χ1v) is 7.87. The lowest BCUT2D eigenvalue weighted by Gasteiger charge is -2.56. The van der Waals surface area contributed by atoms with Crippen LogP contribution in [0.25, 0.3) is 0 Å². The van der Waals surface area contributed by atoms with Gasteiger partial charge < -0.3 is 14.9 Å². The molecule has 3 fully saturated rings. The molecule has 2 atom stereocenters. The van der Waals surface area contributed by atoms with Crippen molar-refractivity contribution in [3.63, 3.8) is 0 Å². The number of piperazine rings is 2. The summed E-state index contributed by atoms with van der Waals surface area (Å²) in [7, 11) is 0. The van der Waals surface area contributed by atoms with E-state index in [0.717, 1.165) is 32.1 Å². The molecule has 114 valence electrons. The molecular formula is C15H27N3O2. The van der Waals surface area contributed by atoms with Gasteiger partial charge >= 0.3 is 0 Å². The highest BCUT2D eigenvalue weighted by Crippen LogP contribution is 2.32. The molecule has 0 aromatic heterocycles. The molecule has 2 unspecified atom stereocenters. The maximum atomic E-state index is 11.8. The van der Waals surface area contributed by atoms with Gasteiger partial charge in [-0.3, -0.25) is 9.69 Å². The SMILES string of the molecule is CC(=O)N1CC2CN(CC3CC3)CCN2C(C)(CO)C1. The lowest BCUT2D eigenvalue weighted by molar-refractivity contribution is -0.143. The number of hydrogen-bond acceptors (Lipinski definition) is 4. The molecule has 1 N–H and O–H groups in total. The topological polar surface area (TPSA) is 47.0 Å². The lowest BCUT2D eigenvalue weighted by atomic mass is 9.91. The summed E-state index contributed by atoms with van der Waals surface area (Å²) in [6.07, 6.45) is 2.78. The second-order valence-corrected chi connectivity index (χ2v) is 7.10. The van der Waals surface area contributed by atoms with E-state index in [1.807, 2.05) is 4.90 Å². The predicted molar refractivity (Wildman–Crippen MR) is 77.4 cm³/mol. The highest BCUT2D eigenvalue weighted by molar-refractivity contribution is 5.73. The Balaban J connectivity index is 1.71. The molecule has 2 saturated heterocycles. The predicted octanol–water partition coefficient (Wildman–Crippen LogP) is -0.00430. The molecule has 3 rings (SSSR count). The van der Waals surface area contributed by atoms with Gasteiger partial charge in [-0.1, -0.05) is 0 Å². The fraction of sp³-hybridized carbons (Fsp3) is 0.933. The van der Waals surface area contributed by atoms with Crippen LogP contribution < -0.4 is 0 Å². The maximum Gasteiger partial charge on any atom is 0.219 e. The molecule has 1 aliphatic carbocycles. The van der Waals surface area contributed by atoms with Crippen LogP contribution in [0.1, 0.15) is 26.7 Å². The number of amides is 1. The van der Waals surface area contributed by atoms with E-state index in [4.69, 9.17) is 0 Å². The van der Waals surface area contributed by atoms with Crippen LogP contribution in [0.2, 0.25) is 0 Å². The Labute approximate surface area is 121 Å². The number of aliphatic hydroxyl groups is 1. The number of fused-ring (bicyclic) bond motifs is 1. The highest BCUT2D eigenvalue weighted by atomic mass is 16.3. The van der Waals surface area contributed by atoms with Gasteiger partial charge in [0.2, 0.25) is 5.91 Å². The van der Waals surface area contributed by atoms with E-state index >= 15 is 0 Å². The molecule has 0 aromatic rings. The first kappa shape index (κ1) is 14.3. The minimum Gasteiger partial charge on any atom is -0.394 e. The molecule has 0 aromatic carbocycles. The van der Waals surface area contributed by atoms with E-state index in [2.05, 4.69) is 16.7 Å². The monoisotopic (exact) mass is 281 g/mol. The fourth-order valence-electron chi connectivity index (χ4n) is 3.82. The van der Waals surface area contributed by atoms with Crippen molar-refractivity contribution >= 4 is 5.91 Å². The van der Waals surface area contributed by atoms with Crippen molar-refractivity contribution < 1.29 is 9.90 Å². The minimum absolute atomic E-state index is 0.121. The van der Waals surface area contributed by atoms with Crippen LogP contribution in [0, 0.1) is 5.92 Å². The van der Waals surface area contributed by atoms with Gasteiger partial charge in [0, 0.05) is 52.2 Å². The maximum absolute atomic E-state index is 11.8. The molecule has 2 heterocycles. The summed E-state index contributed by atoms with van der Waals surface area (Å²) in [4.78, 5) is 18.7. The van der Waals surface area contributed by atoms with Crippen molar-refractivity contribution in [2.24, 2.45) is 5.92 Å². The summed E-state index contributed by atoms with van der Waals surface area (Å²) in [5, 5.41) is 9.82. The average molecular weight is 281 g/mol. The summed E-state index contributed by atoms with van der Waals surface area (Å²) < 4.78 is 0. The third-order valence-electron chi connectivity index (χ3n) is 5.22. The molecule has 0 bridgehead atoms. The molecule has 2 aliphatic heterocycles. The van der Waals surface area contributed by atoms with Crippen LogP contribution in [-0.2, 0) is 4.79 Å². The number of rotatable bonds is 3. The van der Waals surface area contributed by atoms with E-state index in [1.165, 1.54) is 19.4 Å². The van der Waals surface area contributed by atoms with Crippen molar-refractivity contribution in [1.82, 2.24) is 14.7 Å². The summed E-state index contributed by atoms with van der Waals surface area (Å²) in [6, 6.07) is 0.373. The van der Waals surface area contributed by atoms with Gasteiger partial charge in [0.15, 0.2) is 0 Å². The van der Waals surface area contributed by atoms with E-state index in [0.29, 0.717) is 12.6 Å². The Morgan fingerprint density at radius 1 is 1.30 bits per heavy atom. The zero-order chi connectivity index (χ0) is 14.3. The van der Waals surface area contributed by atoms with Crippen LogP contribution in [0.4, 0.5) is 0 Å². The largest absolute Gasteiger partial charge is 0.394 e. The van der Waals surface area contributed by atoms with Gasteiger partial charge in [-0.2, -0.15) is 0 Å². The van der Waals surface area contributed by atoms with Crippen LogP contribution in [0.15, 0.2) is 0 Å². The Morgan fingerprint density at radius 2 is 2.05 bits per heavy atom. The molecular weight excluding hydrogens is 254 g/mol. The van der Waals surface area contributed by atoms with Crippen LogP contribution in [-0.4, -0.2) is 83.2 Å². The summed E-state index contributed by atoms with van der Waals surface area (Å²) >= 11 is 0. The molecule has 1 saturated carbocycles. The Hall–Kier alpha value is -0.650. The van der Waals surface area contributed by atoms with Crippen LogP contribution in [0.3, 0.4) is 0 Å². The van der Waals surface area contributed by atoms with Crippen molar-refractivity contribution in [2.45, 2.75) is 38.3 Å². The van der Waals surface area contributed by atoms with Gasteiger partial charge in [0.25, 0.3) is 0 Å². The third-order valence-corrected chi connectivity index (χ3v) is 5.22. The van der Waals surface area contributed by atoms with E-state index < -0.39 is 0 Å². The average Bonchev–Trinajstić information content (AvgIpc) is 3.22. The zero-order valence-corrected chi connectivity index (χ0v) is 12.7. The highest BCUT2D eigenvalue weighted by Gasteiger charge is 2.45. The van der Waals surface area contributed by atoms with Crippen LogP contribution >= 0.6 is 0 Å². The van der Waals surface area contributed by atoms with Gasteiger partial charge in [0.05, 0.1) is 12.1 Å². The fourth-order valence-corrected chi connectivity index (χ4v) is 3.82. The number of nitrogens with zero attached hydrogens (tertiary/aromatic N) is 3. The smallest absolute Gasteiger partial charge is 0.219 e. The van der Waals surface area contributed by atoms with Gasteiger partial charge in [-0.25, -0.2) is 0 Å². The van der Waals surface area contributed by atoms with E-state index in [1.54, 1.807) is 6.92 Å². The van der Waals surface area contributed by atoms with Crippen molar-refractivity contribution in [3.8, 4) is 0 Å². The standard InChI is InChI=1S/C15H27N3O2/c1-12(20)17-9-14-8-16(7-13-3-4-13)5-6-18(14)15(2,10-17)11-19/h13-14,19H,3-11H2,1-2H3.